The van der Waals surface area contributed by atoms with Crippen LogP contribution in [-0.4, -0.2) is 30.0 Å². The van der Waals surface area contributed by atoms with Gasteiger partial charge in [-0.1, -0.05) is 18.2 Å². The average molecular weight is 312 g/mol. The molecule has 0 radical (unpaired) electrons. The molecule has 1 unspecified atom stereocenters. The number of nitrogens with two attached hydrogens (primary N) is 1. The van der Waals surface area contributed by atoms with Crippen LogP contribution in [0.2, 0.25) is 0 Å². The monoisotopic (exact) mass is 312 g/mol. The quantitative estimate of drug-likeness (QED) is 0.898. The Kier molecular flexibility index (Phi) is 3.82. The van der Waals surface area contributed by atoms with Crippen LogP contribution in [0.5, 0.6) is 0 Å². The van der Waals surface area contributed by atoms with E-state index < -0.39 is 5.91 Å². The number of aromatic nitrogens is 1. The maximum Gasteiger partial charge on any atom is 0.265 e. The molecule has 1 aromatic carbocycles. The maximum absolute atomic E-state index is 12.6. The van der Waals surface area contributed by atoms with Gasteiger partial charge in [-0.3, -0.25) is 9.59 Å². The first-order valence-corrected chi connectivity index (χ1v) is 7.52. The van der Waals surface area contributed by atoms with Gasteiger partial charge in [-0.2, -0.15) is 0 Å². The van der Waals surface area contributed by atoms with E-state index in [0.717, 1.165) is 0 Å². The number of carbonyl (C=O) groups is 2. The van der Waals surface area contributed by atoms with Crippen molar-refractivity contribution in [2.24, 2.45) is 18.7 Å². The van der Waals surface area contributed by atoms with Crippen molar-refractivity contribution in [2.45, 2.75) is 6.42 Å². The summed E-state index contributed by atoms with van der Waals surface area (Å²) < 4.78 is 1.61. The normalized spacial score (nSPS) is 16.8. The van der Waals surface area contributed by atoms with Gasteiger partial charge in [0.1, 0.15) is 5.69 Å². The van der Waals surface area contributed by atoms with Crippen LogP contribution in [0, 0.1) is 5.92 Å². The number of fused-ring (bicyclic) bond motifs is 1. The van der Waals surface area contributed by atoms with Crippen molar-refractivity contribution in [1.29, 1.82) is 0 Å². The highest BCUT2D eigenvalue weighted by atomic mass is 16.2. The van der Waals surface area contributed by atoms with E-state index in [2.05, 4.69) is 22.3 Å². The molecule has 0 saturated heterocycles. The van der Waals surface area contributed by atoms with Crippen LogP contribution in [0.25, 0.3) is 0 Å². The zero-order chi connectivity index (χ0) is 16.6. The number of nitrogens with zero attached hydrogens (tertiary/aromatic N) is 2. The Morgan fingerprint density at radius 3 is 2.70 bits per heavy atom. The van der Waals surface area contributed by atoms with Crippen molar-refractivity contribution in [3.05, 3.63) is 47.8 Å². The number of nitrogens with one attached hydrogen (secondary N) is 1. The Bertz CT molecular complexity index is 766. The molecule has 2 aromatic rings. The topological polar surface area (TPSA) is 80.4 Å². The molecule has 23 heavy (non-hydrogen) atoms. The minimum atomic E-state index is -0.515. The Hall–Kier alpha value is -2.76. The summed E-state index contributed by atoms with van der Waals surface area (Å²) in [5, 5.41) is 2.88. The van der Waals surface area contributed by atoms with Crippen LogP contribution < -0.4 is 16.0 Å². The molecule has 2 amide bonds. The lowest BCUT2D eigenvalue weighted by molar-refractivity contribution is -0.119. The van der Waals surface area contributed by atoms with Gasteiger partial charge in [-0.25, -0.2) is 0 Å². The van der Waals surface area contributed by atoms with Gasteiger partial charge in [-0.05, 0) is 24.1 Å². The fourth-order valence-electron chi connectivity index (χ4n) is 3.11. The van der Waals surface area contributed by atoms with Crippen molar-refractivity contribution >= 4 is 23.2 Å². The van der Waals surface area contributed by atoms with Crippen molar-refractivity contribution in [2.75, 3.05) is 23.8 Å². The molecule has 6 heteroatoms. The van der Waals surface area contributed by atoms with Crippen molar-refractivity contribution in [3.8, 4) is 0 Å². The van der Waals surface area contributed by atoms with E-state index in [9.17, 15) is 9.59 Å². The predicted molar refractivity (Wildman–Crippen MR) is 89.5 cm³/mol. The van der Waals surface area contributed by atoms with Gasteiger partial charge in [0, 0.05) is 32.5 Å². The van der Waals surface area contributed by atoms with E-state index in [-0.39, 0.29) is 11.8 Å². The first kappa shape index (κ1) is 15.1. The first-order valence-electron chi connectivity index (χ1n) is 7.52. The molecule has 1 atom stereocenters. The highest BCUT2D eigenvalue weighted by molar-refractivity contribution is 5.97. The minimum Gasteiger partial charge on any atom is -0.374 e. The third-order valence-corrected chi connectivity index (χ3v) is 4.26. The maximum atomic E-state index is 12.6. The van der Waals surface area contributed by atoms with E-state index in [1.54, 1.807) is 23.9 Å². The zero-order valence-electron chi connectivity index (χ0n) is 13.2. The molecule has 0 bridgehead atoms. The number of aryl methyl sites for hydroxylation is 1. The van der Waals surface area contributed by atoms with Crippen LogP contribution in [-0.2, 0) is 18.3 Å². The smallest absolute Gasteiger partial charge is 0.265 e. The minimum absolute atomic E-state index is 0.0482. The number of rotatable bonds is 3. The average Bonchev–Trinajstić information content (AvgIpc) is 2.88. The second-order valence-corrected chi connectivity index (χ2v) is 5.99. The molecule has 6 nitrogen and oxygen atoms in total. The Morgan fingerprint density at radius 2 is 2.00 bits per heavy atom. The van der Waals surface area contributed by atoms with Gasteiger partial charge >= 0.3 is 0 Å². The molecule has 3 N–H and O–H groups in total. The lowest BCUT2D eigenvalue weighted by atomic mass is 9.92. The third-order valence-electron chi connectivity index (χ3n) is 4.26. The Balaban J connectivity index is 1.75. The van der Waals surface area contributed by atoms with Gasteiger partial charge in [-0.15, -0.1) is 0 Å². The highest BCUT2D eigenvalue weighted by Gasteiger charge is 2.27. The number of hydrogen-bond acceptors (Lipinski definition) is 3. The number of carbonyl (C=O) groups excluding carboxylic acids is 2. The van der Waals surface area contributed by atoms with Crippen molar-refractivity contribution < 1.29 is 9.59 Å². The number of para-hydroxylation sites is 1. The van der Waals surface area contributed by atoms with Crippen LogP contribution in [0.1, 0.15) is 16.1 Å². The standard InChI is InChI=1S/C17H20N4O2/c1-20-9-12(7-11-5-3-4-6-14(11)20)17(23)19-13-8-15(16(18)22)21(2)10-13/h3-6,8,10,12H,7,9H2,1-2H3,(H2,18,22)(H,19,23). The molecule has 3 rings (SSSR count). The molecule has 0 saturated carbocycles. The summed E-state index contributed by atoms with van der Waals surface area (Å²) in [5.41, 5.74) is 8.60. The second kappa shape index (κ2) is 5.79. The molecule has 0 spiro atoms. The largest absolute Gasteiger partial charge is 0.374 e. The number of anilines is 2. The van der Waals surface area contributed by atoms with E-state index in [0.29, 0.717) is 24.3 Å². The molecule has 0 aliphatic carbocycles. The predicted octanol–water partition coefficient (Wildman–Crippen LogP) is 1.37. The Morgan fingerprint density at radius 1 is 1.26 bits per heavy atom. The molecule has 0 fully saturated rings. The molecular formula is C17H20N4O2. The van der Waals surface area contributed by atoms with E-state index in [4.69, 9.17) is 5.73 Å². The number of amides is 2. The summed E-state index contributed by atoms with van der Waals surface area (Å²) in [6.07, 6.45) is 2.40. The second-order valence-electron chi connectivity index (χ2n) is 5.99. The van der Waals surface area contributed by atoms with Crippen molar-refractivity contribution in [1.82, 2.24) is 4.57 Å². The SMILES string of the molecule is CN1CC(C(=O)Nc2cc(C(N)=O)n(C)c2)Cc2ccccc21. The zero-order valence-corrected chi connectivity index (χ0v) is 13.2. The molecule has 2 heterocycles. The third kappa shape index (κ3) is 2.92. The van der Waals surface area contributed by atoms with E-state index >= 15 is 0 Å². The van der Waals surface area contributed by atoms with Gasteiger partial charge in [0.25, 0.3) is 5.91 Å². The Labute approximate surface area is 134 Å². The number of benzene rings is 1. The lowest BCUT2D eigenvalue weighted by Crippen LogP contribution is -2.39. The summed E-state index contributed by atoms with van der Waals surface area (Å²) in [6.45, 7) is 0.665. The first-order chi connectivity index (χ1) is 11.0. The summed E-state index contributed by atoms with van der Waals surface area (Å²) >= 11 is 0. The van der Waals surface area contributed by atoms with Crippen LogP contribution >= 0.6 is 0 Å². The summed E-state index contributed by atoms with van der Waals surface area (Å²) in [4.78, 5) is 25.9. The fourth-order valence-corrected chi connectivity index (χ4v) is 3.11. The molecule has 1 aliphatic heterocycles. The summed E-state index contributed by atoms with van der Waals surface area (Å²) in [7, 11) is 3.71. The van der Waals surface area contributed by atoms with Crippen LogP contribution in [0.3, 0.4) is 0 Å². The van der Waals surface area contributed by atoms with Gasteiger partial charge in [0.2, 0.25) is 5.91 Å². The van der Waals surface area contributed by atoms with Gasteiger partial charge in [0.15, 0.2) is 0 Å². The molecule has 1 aromatic heterocycles. The van der Waals surface area contributed by atoms with E-state index in [1.165, 1.54) is 11.3 Å². The number of hydrogen-bond donors (Lipinski definition) is 2. The molecule has 1 aliphatic rings. The fraction of sp³-hybridized carbons (Fsp3) is 0.294. The van der Waals surface area contributed by atoms with Gasteiger partial charge < -0.3 is 20.5 Å². The van der Waals surface area contributed by atoms with E-state index in [1.807, 2.05) is 19.2 Å². The highest BCUT2D eigenvalue weighted by Crippen LogP contribution is 2.29. The summed E-state index contributed by atoms with van der Waals surface area (Å²) in [5.74, 6) is -0.695. The molecular weight excluding hydrogens is 292 g/mol. The van der Waals surface area contributed by atoms with Crippen molar-refractivity contribution in [3.63, 3.8) is 0 Å². The van der Waals surface area contributed by atoms with Crippen LogP contribution in [0.15, 0.2) is 36.5 Å². The van der Waals surface area contributed by atoms with Gasteiger partial charge in [0.05, 0.1) is 11.6 Å². The van der Waals surface area contributed by atoms with Crippen LogP contribution in [0.4, 0.5) is 11.4 Å². The summed E-state index contributed by atoms with van der Waals surface area (Å²) in [6, 6.07) is 9.72. The molecule has 120 valence electrons. The number of primary amides is 1. The lowest BCUT2D eigenvalue weighted by Gasteiger charge is -2.32.